The van der Waals surface area contributed by atoms with Gasteiger partial charge in [-0.1, -0.05) is 11.6 Å². The van der Waals surface area contributed by atoms with E-state index in [9.17, 15) is 13.6 Å². The number of benzene rings is 1. The third kappa shape index (κ3) is 4.84. The number of carbonyl (C=O) groups is 1. The van der Waals surface area contributed by atoms with Gasteiger partial charge in [0.1, 0.15) is 5.75 Å². The van der Waals surface area contributed by atoms with E-state index >= 15 is 0 Å². The van der Waals surface area contributed by atoms with Gasteiger partial charge in [-0.05, 0) is 51.9 Å². The first-order valence-corrected chi connectivity index (χ1v) is 9.22. The van der Waals surface area contributed by atoms with E-state index in [1.807, 2.05) is 0 Å². The Hall–Kier alpha value is -1.99. The normalized spacial score (nSPS) is 20.3. The summed E-state index contributed by atoms with van der Waals surface area (Å²) in [7, 11) is 4.15. The standard InChI is InChI=1S/C19H22ClF2N3O2/c1-25(2)14-5-3-13(4-6-14)24-18(26)12-7-11-8-15(20)17(27-19(21)22)9-16(11)23-10-12/h7-10,13-14,19H,3-6H2,1-2H3,(H,24,26). The van der Waals surface area contributed by atoms with Gasteiger partial charge in [0.2, 0.25) is 0 Å². The van der Waals surface area contributed by atoms with Crippen molar-refractivity contribution in [1.29, 1.82) is 0 Å². The lowest BCUT2D eigenvalue weighted by molar-refractivity contribution is -0.0497. The van der Waals surface area contributed by atoms with Gasteiger partial charge in [0.25, 0.3) is 5.91 Å². The summed E-state index contributed by atoms with van der Waals surface area (Å²) < 4.78 is 29.2. The molecule has 3 rings (SSSR count). The van der Waals surface area contributed by atoms with E-state index in [0.29, 0.717) is 22.5 Å². The monoisotopic (exact) mass is 397 g/mol. The molecule has 5 nitrogen and oxygen atoms in total. The zero-order valence-electron chi connectivity index (χ0n) is 15.2. The van der Waals surface area contributed by atoms with E-state index in [0.717, 1.165) is 25.7 Å². The molecule has 0 spiro atoms. The third-order valence-corrected chi connectivity index (χ3v) is 5.27. The fourth-order valence-corrected chi connectivity index (χ4v) is 3.66. The van der Waals surface area contributed by atoms with Gasteiger partial charge in [-0.25, -0.2) is 0 Å². The number of nitrogens with zero attached hydrogens (tertiary/aromatic N) is 2. The minimum Gasteiger partial charge on any atom is -0.433 e. The summed E-state index contributed by atoms with van der Waals surface area (Å²) in [6, 6.07) is 5.18. The van der Waals surface area contributed by atoms with Crippen LogP contribution in [0.2, 0.25) is 5.02 Å². The smallest absolute Gasteiger partial charge is 0.387 e. The number of aromatic nitrogens is 1. The van der Waals surface area contributed by atoms with Crippen LogP contribution < -0.4 is 10.1 Å². The Morgan fingerprint density at radius 3 is 2.59 bits per heavy atom. The van der Waals surface area contributed by atoms with Crippen molar-refractivity contribution in [2.24, 2.45) is 0 Å². The molecule has 0 unspecified atom stereocenters. The highest BCUT2D eigenvalue weighted by molar-refractivity contribution is 6.32. The largest absolute Gasteiger partial charge is 0.433 e. The zero-order valence-corrected chi connectivity index (χ0v) is 16.0. The minimum absolute atomic E-state index is 0.0455. The number of pyridine rings is 1. The van der Waals surface area contributed by atoms with Crippen LogP contribution in [-0.4, -0.2) is 48.6 Å². The summed E-state index contributed by atoms with van der Waals surface area (Å²) in [5, 5.41) is 3.69. The number of nitrogens with one attached hydrogen (secondary N) is 1. The van der Waals surface area contributed by atoms with E-state index in [4.69, 9.17) is 11.6 Å². The molecule has 27 heavy (non-hydrogen) atoms. The molecule has 1 N–H and O–H groups in total. The van der Waals surface area contributed by atoms with Crippen molar-refractivity contribution in [2.45, 2.75) is 44.4 Å². The maximum absolute atomic E-state index is 12.6. The SMILES string of the molecule is CN(C)C1CCC(NC(=O)c2cnc3cc(OC(F)F)c(Cl)cc3c2)CC1. The summed E-state index contributed by atoms with van der Waals surface area (Å²) in [5.74, 6) is -0.330. The van der Waals surface area contributed by atoms with E-state index < -0.39 is 6.61 Å². The van der Waals surface area contributed by atoms with Gasteiger partial charge in [-0.15, -0.1) is 0 Å². The highest BCUT2D eigenvalue weighted by Crippen LogP contribution is 2.31. The molecule has 0 saturated heterocycles. The van der Waals surface area contributed by atoms with Crippen LogP contribution >= 0.6 is 11.6 Å². The lowest BCUT2D eigenvalue weighted by Crippen LogP contribution is -2.41. The number of fused-ring (bicyclic) bond motifs is 1. The van der Waals surface area contributed by atoms with Gasteiger partial charge in [0.05, 0.1) is 16.1 Å². The number of rotatable bonds is 5. The van der Waals surface area contributed by atoms with Crippen LogP contribution in [0.1, 0.15) is 36.0 Å². The van der Waals surface area contributed by atoms with Crippen LogP contribution in [0.15, 0.2) is 24.4 Å². The minimum atomic E-state index is -2.97. The molecule has 0 bridgehead atoms. The molecular weight excluding hydrogens is 376 g/mol. The summed E-state index contributed by atoms with van der Waals surface area (Å²) in [6.07, 6.45) is 5.42. The molecule has 0 atom stereocenters. The molecule has 1 heterocycles. The van der Waals surface area contributed by atoms with Gasteiger partial charge >= 0.3 is 6.61 Å². The molecule has 1 aliphatic rings. The highest BCUT2D eigenvalue weighted by Gasteiger charge is 2.24. The molecule has 0 radical (unpaired) electrons. The summed E-state index contributed by atoms with van der Waals surface area (Å²) in [6.45, 7) is -2.97. The van der Waals surface area contributed by atoms with E-state index in [1.165, 1.54) is 18.3 Å². The molecule has 1 saturated carbocycles. The van der Waals surface area contributed by atoms with Crippen molar-refractivity contribution < 1.29 is 18.3 Å². The second-order valence-electron chi connectivity index (χ2n) is 7.02. The molecule has 2 aromatic rings. The van der Waals surface area contributed by atoms with Gasteiger partial charge < -0.3 is 15.0 Å². The van der Waals surface area contributed by atoms with Crippen molar-refractivity contribution >= 4 is 28.4 Å². The van der Waals surface area contributed by atoms with E-state index in [2.05, 4.69) is 34.0 Å². The maximum atomic E-state index is 12.6. The Kier molecular flexibility index (Phi) is 6.11. The molecule has 1 amide bonds. The number of alkyl halides is 2. The van der Waals surface area contributed by atoms with Gasteiger partial charge in [-0.2, -0.15) is 8.78 Å². The number of amides is 1. The number of halogens is 3. The fraction of sp³-hybridized carbons (Fsp3) is 0.474. The first kappa shape index (κ1) is 19.8. The van der Waals surface area contributed by atoms with Crippen molar-refractivity contribution in [3.63, 3.8) is 0 Å². The maximum Gasteiger partial charge on any atom is 0.387 e. The Morgan fingerprint density at radius 1 is 1.26 bits per heavy atom. The third-order valence-electron chi connectivity index (χ3n) is 4.98. The molecule has 1 aromatic heterocycles. The van der Waals surface area contributed by atoms with Gasteiger partial charge in [-0.3, -0.25) is 9.78 Å². The molecule has 1 fully saturated rings. The molecule has 146 valence electrons. The van der Waals surface area contributed by atoms with Crippen molar-refractivity contribution in [3.8, 4) is 5.75 Å². The van der Waals surface area contributed by atoms with E-state index in [-0.39, 0.29) is 22.7 Å². The van der Waals surface area contributed by atoms with Crippen LogP contribution in [0.4, 0.5) is 8.78 Å². The number of ether oxygens (including phenoxy) is 1. The molecule has 1 aliphatic carbocycles. The molecule has 1 aromatic carbocycles. The lowest BCUT2D eigenvalue weighted by Gasteiger charge is -2.32. The Morgan fingerprint density at radius 2 is 1.96 bits per heavy atom. The Labute approximate surface area is 161 Å². The predicted octanol–water partition coefficient (Wildman–Crippen LogP) is 4.09. The molecule has 8 heteroatoms. The van der Waals surface area contributed by atoms with Crippen LogP contribution in [0, 0.1) is 0 Å². The van der Waals surface area contributed by atoms with E-state index in [1.54, 1.807) is 6.07 Å². The molecular formula is C19H22ClF2N3O2. The average molecular weight is 398 g/mol. The van der Waals surface area contributed by atoms with Crippen molar-refractivity contribution in [2.75, 3.05) is 14.1 Å². The second-order valence-corrected chi connectivity index (χ2v) is 7.43. The average Bonchev–Trinajstić information content (AvgIpc) is 2.62. The fourth-order valence-electron chi connectivity index (χ4n) is 3.45. The van der Waals surface area contributed by atoms with Crippen LogP contribution in [0.25, 0.3) is 10.9 Å². The van der Waals surface area contributed by atoms with Crippen LogP contribution in [-0.2, 0) is 0 Å². The van der Waals surface area contributed by atoms with Crippen molar-refractivity contribution in [3.05, 3.63) is 35.0 Å². The van der Waals surface area contributed by atoms with Crippen molar-refractivity contribution in [1.82, 2.24) is 15.2 Å². The number of hydrogen-bond acceptors (Lipinski definition) is 4. The Bertz CT molecular complexity index is 824. The highest BCUT2D eigenvalue weighted by atomic mass is 35.5. The first-order valence-electron chi connectivity index (χ1n) is 8.85. The topological polar surface area (TPSA) is 54.5 Å². The van der Waals surface area contributed by atoms with Crippen LogP contribution in [0.3, 0.4) is 0 Å². The second kappa shape index (κ2) is 8.35. The van der Waals surface area contributed by atoms with Gasteiger partial charge in [0, 0.05) is 29.7 Å². The summed E-state index contributed by atoms with van der Waals surface area (Å²) in [5.41, 5.74) is 0.842. The zero-order chi connectivity index (χ0) is 19.6. The quantitative estimate of drug-likeness (QED) is 0.825. The molecule has 0 aliphatic heterocycles. The van der Waals surface area contributed by atoms with Gasteiger partial charge in [0.15, 0.2) is 0 Å². The predicted molar refractivity (Wildman–Crippen MR) is 101 cm³/mol. The summed E-state index contributed by atoms with van der Waals surface area (Å²) in [4.78, 5) is 19.0. The summed E-state index contributed by atoms with van der Waals surface area (Å²) >= 11 is 5.98. The number of carbonyl (C=O) groups excluding carboxylic acids is 1. The number of hydrogen-bond donors (Lipinski definition) is 1. The lowest BCUT2D eigenvalue weighted by atomic mass is 9.90. The van der Waals surface area contributed by atoms with Crippen LogP contribution in [0.5, 0.6) is 5.75 Å². The first-order chi connectivity index (χ1) is 12.8. The Balaban J connectivity index is 1.70.